The summed E-state index contributed by atoms with van der Waals surface area (Å²) in [6.07, 6.45) is 2.04. The van der Waals surface area contributed by atoms with Crippen LogP contribution in [-0.4, -0.2) is 24.3 Å². The number of carbonyl (C=O) groups is 1. The van der Waals surface area contributed by atoms with Crippen molar-refractivity contribution in [2.24, 2.45) is 5.92 Å². The number of rotatable bonds is 2. The molecular weight excluding hydrogens is 196 g/mol. The molecule has 0 spiro atoms. The molecule has 0 N–H and O–H groups in total. The summed E-state index contributed by atoms with van der Waals surface area (Å²) in [6, 6.07) is 0. The van der Waals surface area contributed by atoms with E-state index in [1.807, 2.05) is 0 Å². The van der Waals surface area contributed by atoms with Gasteiger partial charge in [0, 0.05) is 12.5 Å². The predicted molar refractivity (Wildman–Crippen MR) is 42.3 cm³/mol. The highest BCUT2D eigenvalue weighted by atomic mass is 79.9. The van der Waals surface area contributed by atoms with Gasteiger partial charge in [0.25, 0.3) is 0 Å². The molecule has 1 heterocycles. The van der Waals surface area contributed by atoms with Crippen LogP contribution in [0.5, 0.6) is 0 Å². The normalized spacial score (nSPS) is 26.3. The Kier molecular flexibility index (Phi) is 3.35. The number of hydrogen-bond donors (Lipinski definition) is 0. The summed E-state index contributed by atoms with van der Waals surface area (Å²) in [5, 5.41) is 0.473. The van der Waals surface area contributed by atoms with Gasteiger partial charge in [-0.25, -0.2) is 0 Å². The largest absolute Gasteiger partial charge is 0.381 e. The number of ketones is 1. The summed E-state index contributed by atoms with van der Waals surface area (Å²) >= 11 is 3.15. The zero-order valence-electron chi connectivity index (χ0n) is 5.81. The van der Waals surface area contributed by atoms with Gasteiger partial charge >= 0.3 is 0 Å². The third kappa shape index (κ3) is 2.06. The monoisotopic (exact) mass is 206 g/mol. The van der Waals surface area contributed by atoms with Crippen LogP contribution in [0.15, 0.2) is 0 Å². The summed E-state index contributed by atoms with van der Waals surface area (Å²) in [7, 11) is 0. The molecule has 1 atom stereocenters. The molecule has 0 saturated carbocycles. The molecule has 58 valence electrons. The Balaban J connectivity index is 2.31. The van der Waals surface area contributed by atoms with Crippen LogP contribution in [0.4, 0.5) is 0 Å². The summed E-state index contributed by atoms with van der Waals surface area (Å²) in [6.45, 7) is 1.45. The van der Waals surface area contributed by atoms with Crippen molar-refractivity contribution >= 4 is 21.7 Å². The van der Waals surface area contributed by atoms with Crippen molar-refractivity contribution in [2.75, 3.05) is 18.5 Å². The van der Waals surface area contributed by atoms with Gasteiger partial charge in [0.05, 0.1) is 11.9 Å². The van der Waals surface area contributed by atoms with Crippen molar-refractivity contribution in [1.29, 1.82) is 0 Å². The molecule has 1 unspecified atom stereocenters. The summed E-state index contributed by atoms with van der Waals surface area (Å²) < 4.78 is 5.16. The van der Waals surface area contributed by atoms with E-state index in [1.54, 1.807) is 0 Å². The van der Waals surface area contributed by atoms with Crippen LogP contribution in [0.1, 0.15) is 12.8 Å². The van der Waals surface area contributed by atoms with E-state index in [2.05, 4.69) is 15.9 Å². The minimum Gasteiger partial charge on any atom is -0.381 e. The Bertz CT molecular complexity index is 119. The van der Waals surface area contributed by atoms with Crippen molar-refractivity contribution in [1.82, 2.24) is 0 Å². The fraction of sp³-hybridized carbons (Fsp3) is 0.857. The first-order valence-corrected chi connectivity index (χ1v) is 4.63. The highest BCUT2D eigenvalue weighted by Crippen LogP contribution is 2.14. The molecule has 1 rings (SSSR count). The highest BCUT2D eigenvalue weighted by molar-refractivity contribution is 9.09. The Morgan fingerprint density at radius 1 is 1.70 bits per heavy atom. The van der Waals surface area contributed by atoms with Crippen molar-refractivity contribution in [2.45, 2.75) is 12.8 Å². The lowest BCUT2D eigenvalue weighted by Gasteiger charge is -2.19. The van der Waals surface area contributed by atoms with Gasteiger partial charge in [-0.3, -0.25) is 4.79 Å². The van der Waals surface area contributed by atoms with E-state index < -0.39 is 0 Å². The number of hydrogen-bond acceptors (Lipinski definition) is 2. The van der Waals surface area contributed by atoms with E-state index in [-0.39, 0.29) is 11.7 Å². The maximum Gasteiger partial charge on any atom is 0.148 e. The van der Waals surface area contributed by atoms with E-state index in [9.17, 15) is 4.79 Å². The second kappa shape index (κ2) is 4.09. The second-order valence-electron chi connectivity index (χ2n) is 2.51. The lowest BCUT2D eigenvalue weighted by molar-refractivity contribution is -0.124. The molecule has 1 fully saturated rings. The standard InChI is InChI=1S/C7H11BrO2/c8-4-7(9)6-2-1-3-10-5-6/h6H,1-5H2. The summed E-state index contributed by atoms with van der Waals surface area (Å²) in [5.41, 5.74) is 0. The molecule has 2 nitrogen and oxygen atoms in total. The molecule has 0 bridgehead atoms. The number of ether oxygens (including phenoxy) is 1. The topological polar surface area (TPSA) is 26.3 Å². The highest BCUT2D eigenvalue weighted by Gasteiger charge is 2.19. The van der Waals surface area contributed by atoms with Crippen LogP contribution >= 0.6 is 15.9 Å². The Morgan fingerprint density at radius 2 is 2.50 bits per heavy atom. The van der Waals surface area contributed by atoms with Crippen molar-refractivity contribution in [3.05, 3.63) is 0 Å². The molecule has 10 heavy (non-hydrogen) atoms. The number of Topliss-reactive ketones (excluding diaryl/α,β-unsaturated/α-hetero) is 1. The molecule has 0 aliphatic carbocycles. The van der Waals surface area contributed by atoms with Gasteiger partial charge in [-0.2, -0.15) is 0 Å². The van der Waals surface area contributed by atoms with E-state index >= 15 is 0 Å². The average molecular weight is 207 g/mol. The van der Waals surface area contributed by atoms with Gasteiger partial charge in [0.1, 0.15) is 5.78 Å². The van der Waals surface area contributed by atoms with Crippen LogP contribution in [0, 0.1) is 5.92 Å². The zero-order valence-corrected chi connectivity index (χ0v) is 7.39. The Morgan fingerprint density at radius 3 is 3.00 bits per heavy atom. The van der Waals surface area contributed by atoms with Gasteiger partial charge in [0.2, 0.25) is 0 Å². The fourth-order valence-corrected chi connectivity index (χ4v) is 1.56. The lowest BCUT2D eigenvalue weighted by atomic mass is 9.99. The van der Waals surface area contributed by atoms with Crippen molar-refractivity contribution in [3.63, 3.8) is 0 Å². The summed E-state index contributed by atoms with van der Waals surface area (Å²) in [4.78, 5) is 11.0. The van der Waals surface area contributed by atoms with Gasteiger partial charge in [-0.15, -0.1) is 0 Å². The lowest BCUT2D eigenvalue weighted by Crippen LogP contribution is -2.25. The SMILES string of the molecule is O=C(CBr)C1CCCOC1. The molecule has 0 radical (unpaired) electrons. The van der Waals surface area contributed by atoms with E-state index in [0.29, 0.717) is 11.9 Å². The molecule has 0 amide bonds. The van der Waals surface area contributed by atoms with E-state index in [4.69, 9.17) is 4.74 Å². The first-order chi connectivity index (χ1) is 4.84. The van der Waals surface area contributed by atoms with Crippen molar-refractivity contribution in [3.8, 4) is 0 Å². The second-order valence-corrected chi connectivity index (χ2v) is 3.07. The van der Waals surface area contributed by atoms with Gasteiger partial charge in [-0.05, 0) is 12.8 Å². The Labute approximate surface area is 69.1 Å². The van der Waals surface area contributed by atoms with Crippen LogP contribution in [0.3, 0.4) is 0 Å². The molecular formula is C7H11BrO2. The number of carbonyl (C=O) groups excluding carboxylic acids is 1. The van der Waals surface area contributed by atoms with Crippen LogP contribution in [-0.2, 0) is 9.53 Å². The summed E-state index contributed by atoms with van der Waals surface area (Å²) in [5.74, 6) is 0.438. The predicted octanol–water partition coefficient (Wildman–Crippen LogP) is 1.38. The van der Waals surface area contributed by atoms with Crippen LogP contribution in [0.25, 0.3) is 0 Å². The smallest absolute Gasteiger partial charge is 0.148 e. The first kappa shape index (κ1) is 8.21. The molecule has 0 aromatic rings. The van der Waals surface area contributed by atoms with Crippen LogP contribution in [0.2, 0.25) is 0 Å². The van der Waals surface area contributed by atoms with Crippen LogP contribution < -0.4 is 0 Å². The van der Waals surface area contributed by atoms with Crippen molar-refractivity contribution < 1.29 is 9.53 Å². The molecule has 3 heteroatoms. The number of alkyl halides is 1. The molecule has 1 aliphatic rings. The maximum atomic E-state index is 11.0. The quantitative estimate of drug-likeness (QED) is 0.639. The third-order valence-corrected chi connectivity index (χ3v) is 2.30. The Hall–Kier alpha value is 0.110. The van der Waals surface area contributed by atoms with Gasteiger partial charge in [-0.1, -0.05) is 15.9 Å². The third-order valence-electron chi connectivity index (χ3n) is 1.75. The van der Waals surface area contributed by atoms with E-state index in [0.717, 1.165) is 19.4 Å². The molecule has 1 aliphatic heterocycles. The van der Waals surface area contributed by atoms with E-state index in [1.165, 1.54) is 0 Å². The molecule has 1 saturated heterocycles. The van der Waals surface area contributed by atoms with Gasteiger partial charge in [0.15, 0.2) is 0 Å². The molecule has 0 aromatic carbocycles. The molecule has 0 aromatic heterocycles. The zero-order chi connectivity index (χ0) is 7.40. The minimum atomic E-state index is 0.160. The first-order valence-electron chi connectivity index (χ1n) is 3.51. The fourth-order valence-electron chi connectivity index (χ4n) is 1.10. The minimum absolute atomic E-state index is 0.160. The van der Waals surface area contributed by atoms with Gasteiger partial charge < -0.3 is 4.74 Å². The maximum absolute atomic E-state index is 11.0. The average Bonchev–Trinajstić information content (AvgIpc) is 2.05. The number of halogens is 1.